The summed E-state index contributed by atoms with van der Waals surface area (Å²) >= 11 is 0. The van der Waals surface area contributed by atoms with Crippen LogP contribution in [0.5, 0.6) is 0 Å². The zero-order valence-electron chi connectivity index (χ0n) is 19.4. The van der Waals surface area contributed by atoms with Gasteiger partial charge in [0.05, 0.1) is 13.2 Å². The maximum absolute atomic E-state index is 12.2. The van der Waals surface area contributed by atoms with Crippen LogP contribution < -0.4 is 10.6 Å². The third-order valence-electron chi connectivity index (χ3n) is 5.44. The van der Waals surface area contributed by atoms with Gasteiger partial charge in [-0.1, -0.05) is 18.2 Å². The van der Waals surface area contributed by atoms with E-state index in [0.29, 0.717) is 45.3 Å². The highest BCUT2D eigenvalue weighted by Crippen LogP contribution is 2.21. The Morgan fingerprint density at radius 3 is 2.48 bits per heavy atom. The number of carbonyl (C=O) groups excluding carboxylic acids is 2. The molecule has 0 saturated carbocycles. The Kier molecular flexibility index (Phi) is 8.56. The number of amides is 2. The van der Waals surface area contributed by atoms with Crippen molar-refractivity contribution in [3.63, 3.8) is 0 Å². The number of anilines is 1. The minimum absolute atomic E-state index is 0.00607. The summed E-state index contributed by atoms with van der Waals surface area (Å²) in [6.07, 6.45) is 2.98. The summed E-state index contributed by atoms with van der Waals surface area (Å²) in [4.78, 5) is 38.4. The average molecular weight is 457 g/mol. The zero-order valence-corrected chi connectivity index (χ0v) is 19.4. The standard InChI is InChI=1S/C23H32N6O4/c1-17(16-32-3)33-23(31)29-9-7-28(8-10-29)22-25-13-20(14-26-22)19-6-4-5-18(11-19)15-27(2)21(30)12-24/h4-6,11,13-14,17H,7-10,12,15-16,24H2,1-3H3. The van der Waals surface area contributed by atoms with Crippen LogP contribution in [0.3, 0.4) is 0 Å². The number of hydrogen-bond acceptors (Lipinski definition) is 8. The summed E-state index contributed by atoms with van der Waals surface area (Å²) < 4.78 is 10.4. The van der Waals surface area contributed by atoms with Gasteiger partial charge in [-0.2, -0.15) is 0 Å². The Labute approximate surface area is 194 Å². The van der Waals surface area contributed by atoms with Gasteiger partial charge in [0, 0.05) is 64.8 Å². The maximum atomic E-state index is 12.2. The first-order valence-corrected chi connectivity index (χ1v) is 11.0. The molecule has 1 saturated heterocycles. The van der Waals surface area contributed by atoms with Crippen LogP contribution in [0.4, 0.5) is 10.7 Å². The molecule has 0 radical (unpaired) electrons. The monoisotopic (exact) mass is 456 g/mol. The largest absolute Gasteiger partial charge is 0.444 e. The summed E-state index contributed by atoms with van der Waals surface area (Å²) in [5.41, 5.74) is 8.31. The number of methoxy groups -OCH3 is 1. The van der Waals surface area contributed by atoms with Crippen LogP contribution in [-0.2, 0) is 20.8 Å². The van der Waals surface area contributed by atoms with Crippen molar-refractivity contribution in [2.45, 2.75) is 19.6 Å². The number of nitrogens with two attached hydrogens (primary N) is 1. The van der Waals surface area contributed by atoms with E-state index in [4.69, 9.17) is 15.2 Å². The number of rotatable bonds is 8. The molecule has 1 aromatic carbocycles. The third kappa shape index (κ3) is 6.62. The van der Waals surface area contributed by atoms with Crippen LogP contribution in [0.15, 0.2) is 36.7 Å². The summed E-state index contributed by atoms with van der Waals surface area (Å²) in [6, 6.07) is 7.93. The lowest BCUT2D eigenvalue weighted by molar-refractivity contribution is -0.128. The van der Waals surface area contributed by atoms with Crippen molar-refractivity contribution in [3.8, 4) is 11.1 Å². The van der Waals surface area contributed by atoms with Crippen molar-refractivity contribution in [1.29, 1.82) is 0 Å². The summed E-state index contributed by atoms with van der Waals surface area (Å²) in [6.45, 7) is 5.00. The maximum Gasteiger partial charge on any atom is 0.410 e. The molecule has 2 N–H and O–H groups in total. The van der Waals surface area contributed by atoms with Gasteiger partial charge >= 0.3 is 6.09 Å². The Bertz CT molecular complexity index is 931. The molecule has 2 heterocycles. The molecule has 1 unspecified atom stereocenters. The van der Waals surface area contributed by atoms with Crippen molar-refractivity contribution in [2.24, 2.45) is 5.73 Å². The highest BCUT2D eigenvalue weighted by Gasteiger charge is 2.24. The van der Waals surface area contributed by atoms with E-state index in [0.717, 1.165) is 16.7 Å². The minimum atomic E-state index is -0.325. The average Bonchev–Trinajstić information content (AvgIpc) is 2.84. The lowest BCUT2D eigenvalue weighted by Gasteiger charge is -2.34. The van der Waals surface area contributed by atoms with E-state index in [2.05, 4.69) is 14.9 Å². The second kappa shape index (κ2) is 11.6. The first-order valence-electron chi connectivity index (χ1n) is 11.0. The van der Waals surface area contributed by atoms with Gasteiger partial charge in [0.15, 0.2) is 0 Å². The highest BCUT2D eigenvalue weighted by molar-refractivity contribution is 5.77. The van der Waals surface area contributed by atoms with Crippen molar-refractivity contribution in [3.05, 3.63) is 42.2 Å². The normalized spacial score (nSPS) is 14.7. The van der Waals surface area contributed by atoms with E-state index in [-0.39, 0.29) is 24.6 Å². The number of carbonyl (C=O) groups is 2. The van der Waals surface area contributed by atoms with Crippen LogP contribution in [0, 0.1) is 0 Å². The van der Waals surface area contributed by atoms with E-state index in [1.54, 1.807) is 43.3 Å². The smallest absolute Gasteiger partial charge is 0.410 e. The van der Waals surface area contributed by atoms with Gasteiger partial charge in [-0.25, -0.2) is 14.8 Å². The topological polar surface area (TPSA) is 114 Å². The minimum Gasteiger partial charge on any atom is -0.444 e. The third-order valence-corrected chi connectivity index (χ3v) is 5.44. The molecule has 1 aliphatic heterocycles. The molecule has 3 rings (SSSR count). The number of piperazine rings is 1. The molecule has 33 heavy (non-hydrogen) atoms. The molecule has 1 aliphatic rings. The molecule has 178 valence electrons. The molecular formula is C23H32N6O4. The van der Waals surface area contributed by atoms with Gasteiger partial charge < -0.3 is 29.9 Å². The van der Waals surface area contributed by atoms with E-state index in [9.17, 15) is 9.59 Å². The summed E-state index contributed by atoms with van der Waals surface area (Å²) in [5, 5.41) is 0. The first kappa shape index (κ1) is 24.4. The van der Waals surface area contributed by atoms with Gasteiger partial charge in [0.1, 0.15) is 6.10 Å². The molecule has 2 aromatic rings. The van der Waals surface area contributed by atoms with Gasteiger partial charge in [-0.15, -0.1) is 0 Å². The number of nitrogens with zero attached hydrogens (tertiary/aromatic N) is 5. The number of aromatic nitrogens is 2. The quantitative estimate of drug-likeness (QED) is 0.633. The predicted octanol–water partition coefficient (Wildman–Crippen LogP) is 1.35. The van der Waals surface area contributed by atoms with Crippen LogP contribution in [0.25, 0.3) is 11.1 Å². The van der Waals surface area contributed by atoms with Gasteiger partial charge in [0.2, 0.25) is 11.9 Å². The molecule has 0 bridgehead atoms. The Hall–Kier alpha value is -3.24. The fraction of sp³-hybridized carbons (Fsp3) is 0.478. The Balaban J connectivity index is 1.57. The molecule has 1 atom stereocenters. The fourth-order valence-corrected chi connectivity index (χ4v) is 3.61. The summed E-state index contributed by atoms with van der Waals surface area (Å²) in [7, 11) is 3.31. The molecule has 1 aromatic heterocycles. The Morgan fingerprint density at radius 1 is 1.15 bits per heavy atom. The van der Waals surface area contributed by atoms with Crippen LogP contribution in [-0.4, -0.2) is 91.4 Å². The zero-order chi connectivity index (χ0) is 23.8. The number of ether oxygens (including phenoxy) is 2. The lowest BCUT2D eigenvalue weighted by atomic mass is 10.1. The van der Waals surface area contributed by atoms with Crippen molar-refractivity contribution >= 4 is 17.9 Å². The molecule has 0 aliphatic carbocycles. The van der Waals surface area contributed by atoms with Gasteiger partial charge in [-0.3, -0.25) is 4.79 Å². The highest BCUT2D eigenvalue weighted by atomic mass is 16.6. The predicted molar refractivity (Wildman–Crippen MR) is 125 cm³/mol. The number of hydrogen-bond donors (Lipinski definition) is 1. The molecule has 10 nitrogen and oxygen atoms in total. The SMILES string of the molecule is COCC(C)OC(=O)N1CCN(c2ncc(-c3cccc(CN(C)C(=O)CN)c3)cn2)CC1. The van der Waals surface area contributed by atoms with E-state index < -0.39 is 0 Å². The van der Waals surface area contributed by atoms with Crippen LogP contribution in [0.1, 0.15) is 12.5 Å². The second-order valence-electron chi connectivity index (χ2n) is 8.05. The first-order chi connectivity index (χ1) is 15.9. The van der Waals surface area contributed by atoms with Crippen molar-refractivity contribution < 1.29 is 19.1 Å². The van der Waals surface area contributed by atoms with E-state index >= 15 is 0 Å². The van der Waals surface area contributed by atoms with Crippen molar-refractivity contribution in [2.75, 3.05) is 58.4 Å². The lowest BCUT2D eigenvalue weighted by Crippen LogP contribution is -2.50. The number of likely N-dealkylation sites (N-methyl/N-ethyl adjacent to an activating group) is 1. The van der Waals surface area contributed by atoms with Gasteiger partial charge in [0.25, 0.3) is 0 Å². The van der Waals surface area contributed by atoms with Crippen LogP contribution in [0.2, 0.25) is 0 Å². The second-order valence-corrected chi connectivity index (χ2v) is 8.05. The Morgan fingerprint density at radius 2 is 1.85 bits per heavy atom. The van der Waals surface area contributed by atoms with E-state index in [1.165, 1.54) is 0 Å². The molecule has 0 spiro atoms. The number of benzene rings is 1. The van der Waals surface area contributed by atoms with E-state index in [1.807, 2.05) is 24.3 Å². The van der Waals surface area contributed by atoms with Crippen LogP contribution >= 0.6 is 0 Å². The molecule has 2 amide bonds. The molecule has 10 heteroatoms. The van der Waals surface area contributed by atoms with Gasteiger partial charge in [-0.05, 0) is 24.1 Å². The van der Waals surface area contributed by atoms with Crippen molar-refractivity contribution in [1.82, 2.24) is 19.8 Å². The summed E-state index contributed by atoms with van der Waals surface area (Å²) in [5.74, 6) is 0.523. The molecule has 1 fully saturated rings. The fourth-order valence-electron chi connectivity index (χ4n) is 3.61. The molecular weight excluding hydrogens is 424 g/mol.